The number of sulfonamides is 1. The largest absolute Gasteiger partial charge is 0.395 e. The molecule has 2 saturated heterocycles. The predicted octanol–water partition coefficient (Wildman–Crippen LogP) is 1.44. The lowest BCUT2D eigenvalue weighted by atomic mass is 10.2. The lowest BCUT2D eigenvalue weighted by Crippen LogP contribution is -2.45. The fraction of sp³-hybridized carbons (Fsp3) is 0.647. The van der Waals surface area contributed by atoms with Crippen molar-refractivity contribution in [3.63, 3.8) is 0 Å². The Bertz CT molecular complexity index is 606. The van der Waals surface area contributed by atoms with E-state index in [1.54, 1.807) is 4.31 Å². The molecule has 1 aromatic rings. The van der Waals surface area contributed by atoms with Crippen LogP contribution in [0.1, 0.15) is 31.2 Å². The first kappa shape index (κ1) is 16.9. The van der Waals surface area contributed by atoms with E-state index >= 15 is 0 Å². The van der Waals surface area contributed by atoms with E-state index in [4.69, 9.17) is 0 Å². The van der Waals surface area contributed by atoms with Crippen molar-refractivity contribution in [1.29, 1.82) is 0 Å². The summed E-state index contributed by atoms with van der Waals surface area (Å²) in [5.74, 6) is 0.0772. The maximum Gasteiger partial charge on any atom is 0.218 e. The van der Waals surface area contributed by atoms with Crippen LogP contribution in [0.3, 0.4) is 0 Å². The molecule has 2 heterocycles. The summed E-state index contributed by atoms with van der Waals surface area (Å²) in [6, 6.07) is 9.64. The molecule has 2 aliphatic heterocycles. The zero-order valence-electron chi connectivity index (χ0n) is 13.5. The third-order valence-electron chi connectivity index (χ3n) is 5.03. The second kappa shape index (κ2) is 7.30. The van der Waals surface area contributed by atoms with E-state index in [2.05, 4.69) is 4.90 Å². The van der Waals surface area contributed by atoms with Gasteiger partial charge in [0.1, 0.15) is 0 Å². The molecule has 0 spiro atoms. The summed E-state index contributed by atoms with van der Waals surface area (Å²) >= 11 is 0. The van der Waals surface area contributed by atoms with E-state index in [0.29, 0.717) is 6.54 Å². The smallest absolute Gasteiger partial charge is 0.218 e. The second-order valence-electron chi connectivity index (χ2n) is 6.62. The fourth-order valence-corrected chi connectivity index (χ4v) is 5.65. The average molecular weight is 338 g/mol. The summed E-state index contributed by atoms with van der Waals surface area (Å²) in [5.41, 5.74) is 0.840. The van der Waals surface area contributed by atoms with Gasteiger partial charge in [-0.05, 0) is 37.8 Å². The molecule has 2 unspecified atom stereocenters. The van der Waals surface area contributed by atoms with Gasteiger partial charge in [0.05, 0.1) is 12.4 Å². The van der Waals surface area contributed by atoms with E-state index in [0.717, 1.165) is 44.3 Å². The maximum absolute atomic E-state index is 12.8. The highest BCUT2D eigenvalue weighted by Gasteiger charge is 2.37. The molecule has 3 rings (SSSR count). The van der Waals surface area contributed by atoms with Crippen LogP contribution in [0.25, 0.3) is 0 Å². The van der Waals surface area contributed by atoms with E-state index in [1.165, 1.54) is 0 Å². The quantitative estimate of drug-likeness (QED) is 0.853. The molecule has 0 saturated carbocycles. The molecule has 2 fully saturated rings. The number of aliphatic hydroxyl groups is 1. The molecular weight excluding hydrogens is 312 g/mol. The number of benzene rings is 1. The number of likely N-dealkylation sites (tertiary alicyclic amines) is 1. The molecule has 128 valence electrons. The number of hydrogen-bond donors (Lipinski definition) is 1. The van der Waals surface area contributed by atoms with Crippen LogP contribution in [0.2, 0.25) is 0 Å². The third-order valence-corrected chi connectivity index (χ3v) is 6.92. The summed E-state index contributed by atoms with van der Waals surface area (Å²) in [7, 11) is -3.28. The lowest BCUT2D eigenvalue weighted by molar-refractivity contribution is 0.140. The van der Waals surface area contributed by atoms with Crippen LogP contribution < -0.4 is 0 Å². The molecule has 2 atom stereocenters. The summed E-state index contributed by atoms with van der Waals surface area (Å²) in [4.78, 5) is 2.26. The fourth-order valence-electron chi connectivity index (χ4n) is 3.84. The van der Waals surface area contributed by atoms with Gasteiger partial charge in [0.25, 0.3) is 0 Å². The van der Waals surface area contributed by atoms with Crippen molar-refractivity contribution < 1.29 is 13.5 Å². The predicted molar refractivity (Wildman–Crippen MR) is 90.5 cm³/mol. The first-order chi connectivity index (χ1) is 11.1. The second-order valence-corrected chi connectivity index (χ2v) is 8.54. The lowest BCUT2D eigenvalue weighted by Gasteiger charge is -2.30. The topological polar surface area (TPSA) is 60.9 Å². The number of aliphatic hydroxyl groups excluding tert-OH is 1. The zero-order chi connectivity index (χ0) is 16.3. The number of nitrogens with zero attached hydrogens (tertiary/aromatic N) is 2. The van der Waals surface area contributed by atoms with Crippen LogP contribution in [0.15, 0.2) is 30.3 Å². The minimum atomic E-state index is -3.28. The van der Waals surface area contributed by atoms with Gasteiger partial charge in [-0.25, -0.2) is 8.42 Å². The van der Waals surface area contributed by atoms with E-state index in [9.17, 15) is 13.5 Å². The van der Waals surface area contributed by atoms with Gasteiger partial charge < -0.3 is 5.11 Å². The van der Waals surface area contributed by atoms with E-state index in [1.807, 2.05) is 30.3 Å². The Kier molecular flexibility index (Phi) is 5.36. The highest BCUT2D eigenvalue weighted by molar-refractivity contribution is 7.88. The Hall–Kier alpha value is -0.950. The Morgan fingerprint density at radius 2 is 1.74 bits per heavy atom. The van der Waals surface area contributed by atoms with Gasteiger partial charge in [-0.15, -0.1) is 0 Å². The molecular formula is C17H26N2O3S. The Labute approximate surface area is 139 Å². The highest BCUT2D eigenvalue weighted by Crippen LogP contribution is 2.27. The third kappa shape index (κ3) is 3.94. The van der Waals surface area contributed by atoms with Gasteiger partial charge in [0.15, 0.2) is 0 Å². The molecule has 5 nitrogen and oxygen atoms in total. The van der Waals surface area contributed by atoms with Crippen molar-refractivity contribution in [2.75, 3.05) is 26.2 Å². The maximum atomic E-state index is 12.8. The van der Waals surface area contributed by atoms with Crippen LogP contribution in [-0.2, 0) is 15.8 Å². The molecule has 0 amide bonds. The van der Waals surface area contributed by atoms with Crippen LogP contribution in [0, 0.1) is 0 Å². The van der Waals surface area contributed by atoms with Gasteiger partial charge in [-0.2, -0.15) is 4.31 Å². The van der Waals surface area contributed by atoms with Crippen molar-refractivity contribution in [2.45, 2.75) is 43.5 Å². The van der Waals surface area contributed by atoms with Gasteiger partial charge in [0, 0.05) is 25.2 Å². The summed E-state index contributed by atoms with van der Waals surface area (Å²) in [6.45, 7) is 2.51. The summed E-state index contributed by atoms with van der Waals surface area (Å²) < 4.78 is 27.3. The Morgan fingerprint density at radius 1 is 1.04 bits per heavy atom. The van der Waals surface area contributed by atoms with Crippen LogP contribution in [0.5, 0.6) is 0 Å². The summed E-state index contributed by atoms with van der Waals surface area (Å²) in [5, 5.41) is 9.46. The Balaban J connectivity index is 1.68. The van der Waals surface area contributed by atoms with E-state index in [-0.39, 0.29) is 24.4 Å². The van der Waals surface area contributed by atoms with Gasteiger partial charge in [-0.3, -0.25) is 4.90 Å². The number of hydrogen-bond acceptors (Lipinski definition) is 4. The van der Waals surface area contributed by atoms with Crippen molar-refractivity contribution in [1.82, 2.24) is 9.21 Å². The summed E-state index contributed by atoms with van der Waals surface area (Å²) in [6.07, 6.45) is 3.95. The van der Waals surface area contributed by atoms with Gasteiger partial charge in [0.2, 0.25) is 10.0 Å². The van der Waals surface area contributed by atoms with Crippen LogP contribution in [-0.4, -0.2) is 61.1 Å². The van der Waals surface area contributed by atoms with Gasteiger partial charge >= 0.3 is 0 Å². The van der Waals surface area contributed by atoms with Crippen molar-refractivity contribution in [3.05, 3.63) is 35.9 Å². The molecule has 23 heavy (non-hydrogen) atoms. The molecule has 2 aliphatic rings. The minimum absolute atomic E-state index is 0.0517. The molecule has 0 aliphatic carbocycles. The first-order valence-corrected chi connectivity index (χ1v) is 10.1. The normalized spacial score (nSPS) is 26.8. The van der Waals surface area contributed by atoms with Crippen molar-refractivity contribution in [3.8, 4) is 0 Å². The Morgan fingerprint density at radius 3 is 2.48 bits per heavy atom. The van der Waals surface area contributed by atoms with E-state index < -0.39 is 10.0 Å². The monoisotopic (exact) mass is 338 g/mol. The highest BCUT2D eigenvalue weighted by atomic mass is 32.2. The molecule has 0 aromatic heterocycles. The van der Waals surface area contributed by atoms with Gasteiger partial charge in [-0.1, -0.05) is 30.3 Å². The number of rotatable bonds is 6. The molecule has 0 bridgehead atoms. The molecule has 0 radical (unpaired) electrons. The first-order valence-electron chi connectivity index (χ1n) is 8.48. The zero-order valence-corrected chi connectivity index (χ0v) is 14.3. The van der Waals surface area contributed by atoms with Crippen molar-refractivity contribution >= 4 is 10.0 Å². The SMILES string of the molecule is O=S(=O)(Cc1ccccc1)N1CCCC1CN1CCCC1CO. The standard InChI is InChI=1S/C17H26N2O3S/c20-13-17-9-4-10-18(17)12-16-8-5-11-19(16)23(21,22)14-15-6-2-1-3-7-15/h1-3,6-7,16-17,20H,4-5,8-14H2. The molecule has 1 N–H and O–H groups in total. The van der Waals surface area contributed by atoms with Crippen LogP contribution in [0.4, 0.5) is 0 Å². The molecule has 1 aromatic carbocycles. The molecule has 6 heteroatoms. The minimum Gasteiger partial charge on any atom is -0.395 e. The van der Waals surface area contributed by atoms with Crippen LogP contribution >= 0.6 is 0 Å². The average Bonchev–Trinajstić information content (AvgIpc) is 3.17. The van der Waals surface area contributed by atoms with Crippen molar-refractivity contribution in [2.24, 2.45) is 0 Å².